The molecule has 100 valence electrons. The van der Waals surface area contributed by atoms with Gasteiger partial charge in [-0.2, -0.15) is 0 Å². The van der Waals surface area contributed by atoms with Gasteiger partial charge in [0.05, 0.1) is 6.04 Å². The second-order valence-corrected chi connectivity index (χ2v) is 4.82. The van der Waals surface area contributed by atoms with Crippen LogP contribution in [0, 0.1) is 0 Å². The van der Waals surface area contributed by atoms with E-state index in [1.54, 1.807) is 0 Å². The fraction of sp³-hybridized carbons (Fsp3) is 0.353. The summed E-state index contributed by atoms with van der Waals surface area (Å²) in [5.41, 5.74) is 4.16. The minimum atomic E-state index is 0.327. The summed E-state index contributed by atoms with van der Waals surface area (Å²) in [5.74, 6) is 0. The van der Waals surface area contributed by atoms with Gasteiger partial charge in [-0.1, -0.05) is 44.5 Å². The number of rotatable bonds is 1. The molecule has 1 N–H and O–H groups in total. The molecule has 0 aliphatic carbocycles. The van der Waals surface area contributed by atoms with Crippen LogP contribution in [0.4, 0.5) is 0 Å². The van der Waals surface area contributed by atoms with Gasteiger partial charge in [0.1, 0.15) is 0 Å². The van der Waals surface area contributed by atoms with Gasteiger partial charge in [-0.3, -0.25) is 4.98 Å². The van der Waals surface area contributed by atoms with Crippen LogP contribution < -0.4 is 5.32 Å². The zero-order chi connectivity index (χ0) is 13.5. The molecule has 2 nitrogen and oxygen atoms in total. The van der Waals surface area contributed by atoms with Crippen LogP contribution in [-0.4, -0.2) is 11.5 Å². The third-order valence-electron chi connectivity index (χ3n) is 3.15. The lowest BCUT2D eigenvalue weighted by molar-refractivity contribution is 0.567. The molecule has 2 heterocycles. The number of nitrogens with one attached hydrogen (secondary N) is 1. The number of benzene rings is 1. The molecular weight excluding hydrogens is 232 g/mol. The lowest BCUT2D eigenvalue weighted by Gasteiger charge is -2.27. The molecule has 1 atom stereocenters. The van der Waals surface area contributed by atoms with Gasteiger partial charge in [-0.05, 0) is 35.2 Å². The van der Waals surface area contributed by atoms with Gasteiger partial charge in [0.25, 0.3) is 0 Å². The summed E-state index contributed by atoms with van der Waals surface area (Å²) in [6.45, 7) is 5.30. The van der Waals surface area contributed by atoms with Gasteiger partial charge in [0, 0.05) is 18.9 Å². The maximum atomic E-state index is 4.07. The van der Waals surface area contributed by atoms with Gasteiger partial charge in [0.15, 0.2) is 0 Å². The van der Waals surface area contributed by atoms with Crippen molar-refractivity contribution >= 4 is 0 Å². The molecule has 1 aromatic carbocycles. The third-order valence-corrected chi connectivity index (χ3v) is 3.15. The van der Waals surface area contributed by atoms with E-state index < -0.39 is 0 Å². The summed E-state index contributed by atoms with van der Waals surface area (Å²) in [6.07, 6.45) is 6.08. The van der Waals surface area contributed by atoms with Gasteiger partial charge in [0.2, 0.25) is 0 Å². The van der Waals surface area contributed by atoms with Crippen LogP contribution in [0.5, 0.6) is 0 Å². The molecule has 1 aliphatic heterocycles. The molecule has 2 aromatic rings. The number of nitrogens with zero attached hydrogens (tertiary/aromatic N) is 1. The fourth-order valence-electron chi connectivity index (χ4n) is 2.36. The number of aromatic nitrogens is 1. The van der Waals surface area contributed by atoms with E-state index in [-0.39, 0.29) is 0 Å². The molecule has 0 saturated heterocycles. The molecular formula is C17H22N2. The highest BCUT2D eigenvalue weighted by molar-refractivity contribution is 5.38. The third kappa shape index (κ3) is 3.42. The van der Waals surface area contributed by atoms with Crippen molar-refractivity contribution in [3.8, 4) is 0 Å². The van der Waals surface area contributed by atoms with Crippen LogP contribution in [0.25, 0.3) is 0 Å². The first-order valence-electron chi connectivity index (χ1n) is 7.08. The normalized spacial score (nSPS) is 17.1. The van der Waals surface area contributed by atoms with Crippen LogP contribution in [0.2, 0.25) is 0 Å². The standard InChI is InChI=1S/C14H14N2.C3H8/c1-2-4-13-11(3-1)7-10-16-14(13)12-5-8-15-9-6-12;1-3-2/h1-6,8-9,14,16H,7,10H2;3H2,1-2H3. The Balaban J connectivity index is 0.000000408. The predicted molar refractivity (Wildman–Crippen MR) is 80.2 cm³/mol. The van der Waals surface area contributed by atoms with E-state index in [1.165, 1.54) is 23.1 Å². The molecule has 0 spiro atoms. The van der Waals surface area contributed by atoms with Crippen LogP contribution in [0.1, 0.15) is 43.0 Å². The highest BCUT2D eigenvalue weighted by Crippen LogP contribution is 2.27. The van der Waals surface area contributed by atoms with Crippen LogP contribution in [0.15, 0.2) is 48.8 Å². The molecule has 19 heavy (non-hydrogen) atoms. The van der Waals surface area contributed by atoms with E-state index in [2.05, 4.69) is 60.5 Å². The average Bonchev–Trinajstić information content (AvgIpc) is 2.48. The van der Waals surface area contributed by atoms with E-state index in [0.717, 1.165) is 13.0 Å². The van der Waals surface area contributed by atoms with Gasteiger partial charge in [-0.25, -0.2) is 0 Å². The number of pyridine rings is 1. The van der Waals surface area contributed by atoms with Crippen LogP contribution in [0.3, 0.4) is 0 Å². The first-order valence-corrected chi connectivity index (χ1v) is 7.08. The first-order chi connectivity index (χ1) is 9.36. The zero-order valence-electron chi connectivity index (χ0n) is 11.8. The summed E-state index contributed by atoms with van der Waals surface area (Å²) in [4.78, 5) is 4.07. The molecule has 1 aliphatic rings. The maximum Gasteiger partial charge on any atom is 0.0580 e. The van der Waals surface area contributed by atoms with E-state index in [1.807, 2.05) is 12.4 Å². The van der Waals surface area contributed by atoms with E-state index in [4.69, 9.17) is 0 Å². The Morgan fingerprint density at radius 1 is 1.11 bits per heavy atom. The Bertz CT molecular complexity index is 494. The molecule has 0 bridgehead atoms. The first kappa shape index (κ1) is 13.8. The summed E-state index contributed by atoms with van der Waals surface area (Å²) in [5, 5.41) is 3.56. The van der Waals surface area contributed by atoms with Gasteiger partial charge >= 0.3 is 0 Å². The molecule has 3 rings (SSSR count). The van der Waals surface area contributed by atoms with Crippen molar-refractivity contribution < 1.29 is 0 Å². The van der Waals surface area contributed by atoms with Crippen molar-refractivity contribution in [2.45, 2.75) is 32.7 Å². The van der Waals surface area contributed by atoms with Gasteiger partial charge < -0.3 is 5.32 Å². The zero-order valence-corrected chi connectivity index (χ0v) is 11.8. The highest BCUT2D eigenvalue weighted by atomic mass is 14.9. The van der Waals surface area contributed by atoms with E-state index in [0.29, 0.717) is 6.04 Å². The van der Waals surface area contributed by atoms with Crippen molar-refractivity contribution in [1.82, 2.24) is 10.3 Å². The van der Waals surface area contributed by atoms with Crippen LogP contribution >= 0.6 is 0 Å². The Hall–Kier alpha value is -1.67. The predicted octanol–water partition coefficient (Wildman–Crippen LogP) is 3.73. The second-order valence-electron chi connectivity index (χ2n) is 4.82. The summed E-state index contributed by atoms with van der Waals surface area (Å²) in [7, 11) is 0. The highest BCUT2D eigenvalue weighted by Gasteiger charge is 2.20. The Labute approximate surface area is 115 Å². The minimum absolute atomic E-state index is 0.327. The Morgan fingerprint density at radius 3 is 2.53 bits per heavy atom. The SMILES string of the molecule is CCC.c1ccc2c(c1)CCNC2c1ccncc1. The molecule has 0 radical (unpaired) electrons. The van der Waals surface area contributed by atoms with Crippen molar-refractivity contribution in [2.24, 2.45) is 0 Å². The molecule has 0 amide bonds. The topological polar surface area (TPSA) is 24.9 Å². The van der Waals surface area contributed by atoms with Crippen molar-refractivity contribution in [3.05, 3.63) is 65.5 Å². The molecule has 1 aromatic heterocycles. The Morgan fingerprint density at radius 2 is 1.79 bits per heavy atom. The summed E-state index contributed by atoms with van der Waals surface area (Å²) < 4.78 is 0. The van der Waals surface area contributed by atoms with Gasteiger partial charge in [-0.15, -0.1) is 0 Å². The molecule has 0 saturated carbocycles. The summed E-state index contributed by atoms with van der Waals surface area (Å²) >= 11 is 0. The number of hydrogen-bond donors (Lipinski definition) is 1. The lowest BCUT2D eigenvalue weighted by Crippen LogP contribution is -2.30. The molecule has 1 unspecified atom stereocenters. The van der Waals surface area contributed by atoms with Crippen molar-refractivity contribution in [2.75, 3.05) is 6.54 Å². The van der Waals surface area contributed by atoms with Crippen molar-refractivity contribution in [3.63, 3.8) is 0 Å². The average molecular weight is 254 g/mol. The number of hydrogen-bond acceptors (Lipinski definition) is 2. The monoisotopic (exact) mass is 254 g/mol. The maximum absolute atomic E-state index is 4.07. The smallest absolute Gasteiger partial charge is 0.0580 e. The van der Waals surface area contributed by atoms with E-state index in [9.17, 15) is 0 Å². The second kappa shape index (κ2) is 7.05. The Kier molecular flexibility index (Phi) is 5.10. The molecule has 0 fully saturated rings. The lowest BCUT2D eigenvalue weighted by atomic mass is 9.90. The minimum Gasteiger partial charge on any atom is -0.306 e. The number of fused-ring (bicyclic) bond motifs is 1. The quantitative estimate of drug-likeness (QED) is 0.838. The molecule has 2 heteroatoms. The largest absolute Gasteiger partial charge is 0.306 e. The fourth-order valence-corrected chi connectivity index (χ4v) is 2.36. The van der Waals surface area contributed by atoms with Crippen molar-refractivity contribution in [1.29, 1.82) is 0 Å². The van der Waals surface area contributed by atoms with Crippen LogP contribution in [-0.2, 0) is 6.42 Å². The summed E-state index contributed by atoms with van der Waals surface area (Å²) in [6, 6.07) is 13.2. The van der Waals surface area contributed by atoms with E-state index >= 15 is 0 Å².